The summed E-state index contributed by atoms with van der Waals surface area (Å²) in [5, 5.41) is 5.82. The maximum atomic E-state index is 11.0. The minimum atomic E-state index is -0.322. The van der Waals surface area contributed by atoms with Gasteiger partial charge in [-0.1, -0.05) is 0 Å². The van der Waals surface area contributed by atoms with Crippen molar-refractivity contribution < 1.29 is 14.3 Å². The predicted octanol–water partition coefficient (Wildman–Crippen LogP) is -0.584. The van der Waals surface area contributed by atoms with Gasteiger partial charge in [0.2, 0.25) is 5.91 Å². The SMILES string of the molecule is COC(=O)C(C)NCC1CCC(=O)N1. The Bertz CT molecular complexity index is 230. The van der Waals surface area contributed by atoms with Crippen molar-refractivity contribution >= 4 is 11.9 Å². The van der Waals surface area contributed by atoms with Crippen LogP contribution in [0.1, 0.15) is 19.8 Å². The summed E-state index contributed by atoms with van der Waals surface area (Å²) < 4.78 is 4.56. The van der Waals surface area contributed by atoms with E-state index in [0.717, 1.165) is 6.42 Å². The van der Waals surface area contributed by atoms with E-state index in [1.807, 2.05) is 0 Å². The van der Waals surface area contributed by atoms with Crippen LogP contribution in [0.25, 0.3) is 0 Å². The maximum Gasteiger partial charge on any atom is 0.322 e. The quantitative estimate of drug-likeness (QED) is 0.596. The molecule has 80 valence electrons. The summed E-state index contributed by atoms with van der Waals surface area (Å²) >= 11 is 0. The van der Waals surface area contributed by atoms with Crippen LogP contribution in [0.4, 0.5) is 0 Å². The molecule has 1 fully saturated rings. The van der Waals surface area contributed by atoms with E-state index < -0.39 is 0 Å². The number of nitrogens with one attached hydrogen (secondary N) is 2. The van der Waals surface area contributed by atoms with Gasteiger partial charge in [-0.2, -0.15) is 0 Å². The third kappa shape index (κ3) is 2.99. The van der Waals surface area contributed by atoms with Gasteiger partial charge in [0.05, 0.1) is 7.11 Å². The van der Waals surface area contributed by atoms with Crippen molar-refractivity contribution in [3.8, 4) is 0 Å². The van der Waals surface area contributed by atoms with E-state index in [1.54, 1.807) is 6.92 Å². The zero-order chi connectivity index (χ0) is 10.6. The average molecular weight is 200 g/mol. The normalized spacial score (nSPS) is 23.0. The second-order valence-corrected chi connectivity index (χ2v) is 3.46. The smallest absolute Gasteiger partial charge is 0.322 e. The molecule has 0 aromatic carbocycles. The van der Waals surface area contributed by atoms with E-state index in [4.69, 9.17) is 0 Å². The highest BCUT2D eigenvalue weighted by molar-refractivity contribution is 5.78. The number of hydrogen-bond acceptors (Lipinski definition) is 4. The number of hydrogen-bond donors (Lipinski definition) is 2. The molecule has 0 saturated carbocycles. The van der Waals surface area contributed by atoms with Gasteiger partial charge < -0.3 is 15.4 Å². The Kier molecular flexibility index (Phi) is 3.88. The van der Waals surface area contributed by atoms with E-state index >= 15 is 0 Å². The predicted molar refractivity (Wildman–Crippen MR) is 50.6 cm³/mol. The van der Waals surface area contributed by atoms with E-state index in [2.05, 4.69) is 15.4 Å². The number of rotatable bonds is 4. The molecule has 0 aliphatic carbocycles. The Morgan fingerprint density at radius 3 is 3.00 bits per heavy atom. The minimum absolute atomic E-state index is 0.0857. The largest absolute Gasteiger partial charge is 0.468 e. The molecule has 0 radical (unpaired) electrons. The molecule has 0 aromatic heterocycles. The van der Waals surface area contributed by atoms with Gasteiger partial charge in [0.15, 0.2) is 0 Å². The number of carbonyl (C=O) groups is 2. The molecule has 1 aliphatic heterocycles. The molecule has 1 aliphatic rings. The zero-order valence-electron chi connectivity index (χ0n) is 8.50. The van der Waals surface area contributed by atoms with E-state index in [9.17, 15) is 9.59 Å². The monoisotopic (exact) mass is 200 g/mol. The minimum Gasteiger partial charge on any atom is -0.468 e. The molecule has 5 heteroatoms. The summed E-state index contributed by atoms with van der Waals surface area (Å²) in [4.78, 5) is 21.9. The molecule has 2 atom stereocenters. The van der Waals surface area contributed by atoms with Crippen molar-refractivity contribution in [1.29, 1.82) is 0 Å². The molecule has 2 N–H and O–H groups in total. The van der Waals surface area contributed by atoms with Gasteiger partial charge >= 0.3 is 5.97 Å². The second-order valence-electron chi connectivity index (χ2n) is 3.46. The first kappa shape index (κ1) is 11.0. The van der Waals surface area contributed by atoms with Crippen molar-refractivity contribution in [2.45, 2.75) is 31.8 Å². The number of esters is 1. The van der Waals surface area contributed by atoms with Gasteiger partial charge in [0.25, 0.3) is 0 Å². The van der Waals surface area contributed by atoms with Gasteiger partial charge in [-0.25, -0.2) is 0 Å². The van der Waals surface area contributed by atoms with Gasteiger partial charge in [0.1, 0.15) is 6.04 Å². The van der Waals surface area contributed by atoms with Crippen LogP contribution in [-0.2, 0) is 14.3 Å². The zero-order valence-corrected chi connectivity index (χ0v) is 8.50. The van der Waals surface area contributed by atoms with E-state index in [1.165, 1.54) is 7.11 Å². The van der Waals surface area contributed by atoms with Crippen molar-refractivity contribution in [2.75, 3.05) is 13.7 Å². The van der Waals surface area contributed by atoms with Crippen LogP contribution in [-0.4, -0.2) is 37.6 Å². The van der Waals surface area contributed by atoms with Crippen molar-refractivity contribution in [3.05, 3.63) is 0 Å². The number of amides is 1. The molecule has 1 rings (SSSR count). The van der Waals surface area contributed by atoms with Crippen LogP contribution < -0.4 is 10.6 Å². The van der Waals surface area contributed by atoms with Gasteiger partial charge in [0, 0.05) is 19.0 Å². The highest BCUT2D eigenvalue weighted by Gasteiger charge is 2.22. The summed E-state index contributed by atoms with van der Waals surface area (Å²) in [5.74, 6) is -0.197. The first-order valence-electron chi connectivity index (χ1n) is 4.74. The van der Waals surface area contributed by atoms with Crippen LogP contribution in [0, 0.1) is 0 Å². The summed E-state index contributed by atoms with van der Waals surface area (Å²) in [5.41, 5.74) is 0. The van der Waals surface area contributed by atoms with Gasteiger partial charge in [-0.15, -0.1) is 0 Å². The lowest BCUT2D eigenvalue weighted by Gasteiger charge is -2.15. The molecule has 1 amide bonds. The Balaban J connectivity index is 2.20. The van der Waals surface area contributed by atoms with E-state index in [-0.39, 0.29) is 24.0 Å². The highest BCUT2D eigenvalue weighted by atomic mass is 16.5. The molecule has 14 heavy (non-hydrogen) atoms. The lowest BCUT2D eigenvalue weighted by Crippen LogP contribution is -2.42. The third-order valence-electron chi connectivity index (χ3n) is 2.31. The van der Waals surface area contributed by atoms with Gasteiger partial charge in [-0.3, -0.25) is 9.59 Å². The molecule has 2 unspecified atom stereocenters. The maximum absolute atomic E-state index is 11.0. The Morgan fingerprint density at radius 1 is 1.79 bits per heavy atom. The third-order valence-corrected chi connectivity index (χ3v) is 2.31. The lowest BCUT2D eigenvalue weighted by molar-refractivity contribution is -0.142. The fourth-order valence-corrected chi connectivity index (χ4v) is 1.41. The summed E-state index contributed by atoms with van der Waals surface area (Å²) in [6.07, 6.45) is 1.42. The van der Waals surface area contributed by atoms with Crippen molar-refractivity contribution in [1.82, 2.24) is 10.6 Å². The fourth-order valence-electron chi connectivity index (χ4n) is 1.41. The van der Waals surface area contributed by atoms with Crippen LogP contribution >= 0.6 is 0 Å². The highest BCUT2D eigenvalue weighted by Crippen LogP contribution is 2.05. The lowest BCUT2D eigenvalue weighted by atomic mass is 10.2. The Labute approximate surface area is 83.2 Å². The number of ether oxygens (including phenoxy) is 1. The Morgan fingerprint density at radius 2 is 2.50 bits per heavy atom. The molecule has 0 bridgehead atoms. The summed E-state index contributed by atoms with van der Waals surface area (Å²) in [6, 6.07) is -0.174. The standard InChI is InChI=1S/C9H16N2O3/c1-6(9(13)14-2)10-5-7-3-4-8(12)11-7/h6-7,10H,3-5H2,1-2H3,(H,11,12). The van der Waals surface area contributed by atoms with Crippen LogP contribution in [0.5, 0.6) is 0 Å². The van der Waals surface area contributed by atoms with Crippen LogP contribution in [0.3, 0.4) is 0 Å². The fraction of sp³-hybridized carbons (Fsp3) is 0.778. The van der Waals surface area contributed by atoms with Crippen LogP contribution in [0.15, 0.2) is 0 Å². The van der Waals surface area contributed by atoms with Gasteiger partial charge in [-0.05, 0) is 13.3 Å². The number of methoxy groups -OCH3 is 1. The molecule has 1 saturated heterocycles. The van der Waals surface area contributed by atoms with Crippen molar-refractivity contribution in [3.63, 3.8) is 0 Å². The Hall–Kier alpha value is -1.10. The molecular weight excluding hydrogens is 184 g/mol. The topological polar surface area (TPSA) is 67.4 Å². The summed E-state index contributed by atoms with van der Waals surface area (Å²) in [7, 11) is 1.36. The summed E-state index contributed by atoms with van der Waals surface area (Å²) in [6.45, 7) is 2.35. The average Bonchev–Trinajstić information content (AvgIpc) is 2.59. The van der Waals surface area contributed by atoms with Crippen LogP contribution in [0.2, 0.25) is 0 Å². The van der Waals surface area contributed by atoms with E-state index in [0.29, 0.717) is 13.0 Å². The molecule has 5 nitrogen and oxygen atoms in total. The molecular formula is C9H16N2O3. The first-order valence-corrected chi connectivity index (χ1v) is 4.74. The number of carbonyl (C=O) groups excluding carboxylic acids is 2. The second kappa shape index (κ2) is 4.95. The molecule has 0 aromatic rings. The van der Waals surface area contributed by atoms with Crippen molar-refractivity contribution in [2.24, 2.45) is 0 Å². The molecule has 0 spiro atoms. The first-order chi connectivity index (χ1) is 6.63. The molecule has 1 heterocycles.